The van der Waals surface area contributed by atoms with E-state index in [2.05, 4.69) is 11.9 Å². The molecule has 3 saturated heterocycles. The Bertz CT molecular complexity index is 1150. The molecule has 4 atom stereocenters. The summed E-state index contributed by atoms with van der Waals surface area (Å²) < 4.78 is 5.27. The highest BCUT2D eigenvalue weighted by Gasteiger charge is 2.63. The Morgan fingerprint density at radius 2 is 1.44 bits per heavy atom. The fourth-order valence-corrected chi connectivity index (χ4v) is 3.45. The summed E-state index contributed by atoms with van der Waals surface area (Å²) in [6.07, 6.45) is -1.91. The number of aliphatic hydroxyl groups is 4. The molecule has 0 aliphatic carbocycles. The maximum absolute atomic E-state index is 12.2. The van der Waals surface area contributed by atoms with E-state index in [0.717, 1.165) is 6.92 Å². The second-order valence-corrected chi connectivity index (χ2v) is 8.82. The first-order valence-electron chi connectivity index (χ1n) is 11.5. The molecule has 13 nitrogen and oxygen atoms in total. The van der Waals surface area contributed by atoms with E-state index in [9.17, 15) is 34.5 Å². The fourth-order valence-electron chi connectivity index (χ4n) is 3.45. The summed E-state index contributed by atoms with van der Waals surface area (Å²) in [4.78, 5) is 44.7. The first-order chi connectivity index (χ1) is 18.2. The summed E-state index contributed by atoms with van der Waals surface area (Å²) in [7, 11) is 0. The van der Waals surface area contributed by atoms with Crippen LogP contribution in [-0.4, -0.2) is 90.8 Å². The number of carbonyl (C=O) groups excluding carboxylic acids is 2. The first-order valence-corrected chi connectivity index (χ1v) is 11.5. The van der Waals surface area contributed by atoms with Crippen LogP contribution >= 0.6 is 0 Å². The molecule has 2 amide bonds. The molecule has 8 N–H and O–H groups in total. The van der Waals surface area contributed by atoms with Crippen LogP contribution in [0.4, 0.5) is 0 Å². The molecular weight excluding hydrogens is 516 g/mol. The number of nitrogens with one attached hydrogen (secondary N) is 2. The van der Waals surface area contributed by atoms with Gasteiger partial charge in [-0.2, -0.15) is 0 Å². The van der Waals surface area contributed by atoms with E-state index in [1.165, 1.54) is 0 Å². The zero-order valence-electron chi connectivity index (χ0n) is 20.9. The van der Waals surface area contributed by atoms with E-state index in [-0.39, 0.29) is 18.6 Å². The maximum atomic E-state index is 12.2. The summed E-state index contributed by atoms with van der Waals surface area (Å²) in [5.74, 6) is -3.85. The highest BCUT2D eigenvalue weighted by Crippen LogP contribution is 2.32. The van der Waals surface area contributed by atoms with Crippen LogP contribution in [0.15, 0.2) is 72.8 Å². The first kappa shape index (κ1) is 31.1. The third-order valence-electron chi connectivity index (χ3n) is 5.84. The van der Waals surface area contributed by atoms with Crippen molar-refractivity contribution in [2.75, 3.05) is 13.2 Å². The molecule has 0 spiro atoms. The van der Waals surface area contributed by atoms with Gasteiger partial charge in [-0.15, -0.1) is 0 Å². The van der Waals surface area contributed by atoms with Crippen molar-refractivity contribution in [3.8, 4) is 0 Å². The van der Waals surface area contributed by atoms with Gasteiger partial charge in [0, 0.05) is 0 Å². The van der Waals surface area contributed by atoms with Crippen molar-refractivity contribution >= 4 is 23.8 Å². The van der Waals surface area contributed by atoms with E-state index in [1.807, 2.05) is 5.32 Å². The van der Waals surface area contributed by atoms with E-state index in [1.54, 1.807) is 60.7 Å². The Morgan fingerprint density at radius 3 is 1.82 bits per heavy atom. The van der Waals surface area contributed by atoms with Crippen molar-refractivity contribution in [2.45, 2.75) is 36.5 Å². The Kier molecular flexibility index (Phi) is 10.0. The Labute approximate surface area is 223 Å². The standard InChI is InChI=1S/C12H18N2O7.2C7H6O2/c1-6-3-4-21-12(7(16)10(2,19)5-15)9(18)13-11(6,20)8(17)14-12;2*8-7(9)6-4-2-1-3-5-6/h7,15-16,19-20H,1,3-5H2,2H3,(H,13,18)(H,14,17);2*1-5H,(H,8,9)/t7?,10?,11-,12+;;/m1../s1. The molecule has 0 saturated carbocycles. The maximum Gasteiger partial charge on any atom is 0.335 e. The van der Waals surface area contributed by atoms with Crippen LogP contribution in [0, 0.1) is 0 Å². The van der Waals surface area contributed by atoms with Crippen LogP contribution in [0.2, 0.25) is 0 Å². The lowest BCUT2D eigenvalue weighted by Gasteiger charge is -2.49. The Balaban J connectivity index is 0.000000243. The second-order valence-electron chi connectivity index (χ2n) is 8.82. The highest BCUT2D eigenvalue weighted by molar-refractivity contribution is 6.03. The largest absolute Gasteiger partial charge is 0.478 e. The summed E-state index contributed by atoms with van der Waals surface area (Å²) in [5.41, 5.74) is -6.03. The molecule has 13 heteroatoms. The molecule has 5 rings (SSSR count). The average molecular weight is 547 g/mol. The number of aliphatic hydroxyl groups excluding tert-OH is 2. The monoisotopic (exact) mass is 546 g/mol. The minimum absolute atomic E-state index is 0.0325. The smallest absolute Gasteiger partial charge is 0.335 e. The number of carboxylic acids is 2. The van der Waals surface area contributed by atoms with Gasteiger partial charge in [0.1, 0.15) is 11.7 Å². The SMILES string of the molecule is C=C1CCO[C@]2(C(O)C(C)(O)CO)NC(=O)[C@@]1(O)NC2=O.O=C(O)c1ccccc1.O=C(O)c1ccccc1. The lowest BCUT2D eigenvalue weighted by Crippen LogP contribution is -2.82. The topological polar surface area (TPSA) is 223 Å². The van der Waals surface area contributed by atoms with E-state index < -0.39 is 53.5 Å². The number of amides is 2. The Hall–Kier alpha value is -4.14. The number of aromatic carboxylic acids is 2. The summed E-state index contributed by atoms with van der Waals surface area (Å²) in [6.45, 7) is 3.59. The normalized spacial score (nSPS) is 24.1. The fraction of sp³-hybridized carbons (Fsp3) is 0.308. The number of rotatable bonds is 5. The Morgan fingerprint density at radius 1 is 0.974 bits per heavy atom. The van der Waals surface area contributed by atoms with E-state index in [4.69, 9.17) is 20.1 Å². The molecule has 39 heavy (non-hydrogen) atoms. The molecule has 3 heterocycles. The van der Waals surface area contributed by atoms with Gasteiger partial charge in [0.2, 0.25) is 5.72 Å². The lowest BCUT2D eigenvalue weighted by molar-refractivity contribution is -0.230. The molecule has 2 aromatic carbocycles. The minimum Gasteiger partial charge on any atom is -0.478 e. The van der Waals surface area contributed by atoms with Crippen molar-refractivity contribution in [3.05, 3.63) is 83.9 Å². The van der Waals surface area contributed by atoms with Crippen LogP contribution in [0.25, 0.3) is 0 Å². The highest BCUT2D eigenvalue weighted by atomic mass is 16.5. The number of benzene rings is 2. The molecule has 2 unspecified atom stereocenters. The van der Waals surface area contributed by atoms with Crippen molar-refractivity contribution in [3.63, 3.8) is 0 Å². The van der Waals surface area contributed by atoms with Gasteiger partial charge in [-0.25, -0.2) is 9.59 Å². The van der Waals surface area contributed by atoms with E-state index in [0.29, 0.717) is 11.1 Å². The summed E-state index contributed by atoms with van der Waals surface area (Å²) in [6, 6.07) is 16.6. The molecular formula is C26H30N2O11. The van der Waals surface area contributed by atoms with Gasteiger partial charge in [0.25, 0.3) is 17.5 Å². The molecule has 2 aromatic rings. The van der Waals surface area contributed by atoms with Crippen LogP contribution in [-0.2, 0) is 14.3 Å². The lowest BCUT2D eigenvalue weighted by atomic mass is 9.85. The predicted molar refractivity (Wildman–Crippen MR) is 134 cm³/mol. The van der Waals surface area contributed by atoms with Crippen LogP contribution in [0.5, 0.6) is 0 Å². The van der Waals surface area contributed by atoms with Gasteiger partial charge in [-0.3, -0.25) is 9.59 Å². The zero-order valence-corrected chi connectivity index (χ0v) is 20.9. The quantitative estimate of drug-likeness (QED) is 0.223. The number of carbonyl (C=O) groups is 4. The van der Waals surface area contributed by atoms with Gasteiger partial charge in [-0.05, 0) is 43.2 Å². The van der Waals surface area contributed by atoms with Crippen molar-refractivity contribution < 1.29 is 54.6 Å². The van der Waals surface area contributed by atoms with Gasteiger partial charge < -0.3 is 46.0 Å². The molecule has 2 bridgehead atoms. The van der Waals surface area contributed by atoms with E-state index >= 15 is 0 Å². The number of hydrogen-bond donors (Lipinski definition) is 8. The van der Waals surface area contributed by atoms with Crippen LogP contribution < -0.4 is 10.6 Å². The van der Waals surface area contributed by atoms with Crippen LogP contribution in [0.3, 0.4) is 0 Å². The minimum atomic E-state index is -2.31. The summed E-state index contributed by atoms with van der Waals surface area (Å²) >= 11 is 0. The third kappa shape index (κ3) is 7.04. The number of ether oxygens (including phenoxy) is 1. The third-order valence-corrected chi connectivity index (χ3v) is 5.84. The molecule has 3 aliphatic rings. The van der Waals surface area contributed by atoms with Crippen LogP contribution in [0.1, 0.15) is 34.1 Å². The number of piperazine rings is 1. The predicted octanol–water partition coefficient (Wildman–Crippen LogP) is -0.532. The molecule has 210 valence electrons. The van der Waals surface area contributed by atoms with Crippen molar-refractivity contribution in [1.29, 1.82) is 0 Å². The average Bonchev–Trinajstić information content (AvgIpc) is 2.92. The summed E-state index contributed by atoms with van der Waals surface area (Å²) in [5, 5.41) is 60.4. The van der Waals surface area contributed by atoms with Crippen molar-refractivity contribution in [1.82, 2.24) is 10.6 Å². The molecule has 0 radical (unpaired) electrons. The van der Waals surface area contributed by atoms with Gasteiger partial charge in [0.15, 0.2) is 0 Å². The number of fused-ring (bicyclic) bond motifs is 5. The molecule has 0 aromatic heterocycles. The molecule has 3 aliphatic heterocycles. The molecule has 3 fully saturated rings. The second kappa shape index (κ2) is 12.6. The number of hydrogen-bond acceptors (Lipinski definition) is 9. The van der Waals surface area contributed by atoms with Gasteiger partial charge in [0.05, 0.1) is 24.3 Å². The van der Waals surface area contributed by atoms with Crippen molar-refractivity contribution in [2.24, 2.45) is 0 Å². The van der Waals surface area contributed by atoms with Gasteiger partial charge in [-0.1, -0.05) is 43.0 Å². The number of carboxylic acid groups (broad SMARTS) is 2. The van der Waals surface area contributed by atoms with Gasteiger partial charge >= 0.3 is 11.9 Å². The zero-order chi connectivity index (χ0) is 29.4.